The van der Waals surface area contributed by atoms with Crippen LogP contribution in [0.15, 0.2) is 24.3 Å². The highest BCUT2D eigenvalue weighted by Crippen LogP contribution is 2.31. The molecule has 1 heterocycles. The fourth-order valence-corrected chi connectivity index (χ4v) is 2.53. The van der Waals surface area contributed by atoms with Crippen LogP contribution in [-0.2, 0) is 10.3 Å². The van der Waals surface area contributed by atoms with Crippen LogP contribution in [0.2, 0.25) is 0 Å². The van der Waals surface area contributed by atoms with Gasteiger partial charge in [-0.15, -0.1) is 0 Å². The van der Waals surface area contributed by atoms with E-state index in [1.54, 1.807) is 25.1 Å². The van der Waals surface area contributed by atoms with E-state index in [0.29, 0.717) is 13.1 Å². The average Bonchev–Trinajstić information content (AvgIpc) is 2.39. The Balaban J connectivity index is 2.38. The first-order chi connectivity index (χ1) is 8.96. The standard InChI is InChI=1S/C14H19FN2O2/c1-14(13(18)19,11-5-3-4-6-12(11)15)17-9-7-16(2)8-10-17/h3-6H,7-10H2,1-2H3,(H,18,19). The molecule has 104 valence electrons. The molecule has 1 aromatic rings. The zero-order chi connectivity index (χ0) is 14.0. The maximum absolute atomic E-state index is 14.0. The molecule has 1 aromatic carbocycles. The molecule has 0 aromatic heterocycles. The van der Waals surface area contributed by atoms with Crippen molar-refractivity contribution in [3.8, 4) is 0 Å². The summed E-state index contributed by atoms with van der Waals surface area (Å²) in [7, 11) is 2.00. The molecule has 4 nitrogen and oxygen atoms in total. The number of rotatable bonds is 3. The Hall–Kier alpha value is -1.46. The fraction of sp³-hybridized carbons (Fsp3) is 0.500. The quantitative estimate of drug-likeness (QED) is 0.897. The topological polar surface area (TPSA) is 43.8 Å². The zero-order valence-corrected chi connectivity index (χ0v) is 11.3. The van der Waals surface area contributed by atoms with E-state index in [0.717, 1.165) is 13.1 Å². The monoisotopic (exact) mass is 266 g/mol. The van der Waals surface area contributed by atoms with Gasteiger partial charge in [-0.05, 0) is 20.0 Å². The number of carboxylic acids is 1. The van der Waals surface area contributed by atoms with Crippen LogP contribution in [0.25, 0.3) is 0 Å². The summed E-state index contributed by atoms with van der Waals surface area (Å²) in [5, 5.41) is 9.61. The number of carboxylic acid groups (broad SMARTS) is 1. The molecule has 1 unspecified atom stereocenters. The Bertz CT molecular complexity index is 472. The predicted molar refractivity (Wildman–Crippen MR) is 70.5 cm³/mol. The fourth-order valence-electron chi connectivity index (χ4n) is 2.53. The largest absolute Gasteiger partial charge is 0.480 e. The van der Waals surface area contributed by atoms with E-state index in [9.17, 15) is 14.3 Å². The van der Waals surface area contributed by atoms with Crippen molar-refractivity contribution < 1.29 is 14.3 Å². The lowest BCUT2D eigenvalue weighted by molar-refractivity contribution is -0.152. The van der Waals surface area contributed by atoms with Crippen LogP contribution in [0.1, 0.15) is 12.5 Å². The molecule has 1 atom stereocenters. The van der Waals surface area contributed by atoms with Crippen LogP contribution in [0.4, 0.5) is 4.39 Å². The van der Waals surface area contributed by atoms with Gasteiger partial charge in [0.25, 0.3) is 0 Å². The first-order valence-electron chi connectivity index (χ1n) is 6.38. The third-order valence-electron chi connectivity index (χ3n) is 3.95. The first kappa shape index (κ1) is 14.0. The molecular formula is C14H19FN2O2. The number of likely N-dealkylation sites (N-methyl/N-ethyl adjacent to an activating group) is 1. The Kier molecular flexibility index (Phi) is 3.87. The van der Waals surface area contributed by atoms with Crippen molar-refractivity contribution >= 4 is 5.97 Å². The molecule has 1 N–H and O–H groups in total. The summed E-state index contributed by atoms with van der Waals surface area (Å²) in [5.41, 5.74) is -1.08. The van der Waals surface area contributed by atoms with Gasteiger partial charge in [0.15, 0.2) is 0 Å². The number of halogens is 1. The summed E-state index contributed by atoms with van der Waals surface area (Å²) in [5.74, 6) is -1.48. The lowest BCUT2D eigenvalue weighted by Crippen LogP contribution is -2.57. The maximum Gasteiger partial charge on any atom is 0.328 e. The second-order valence-corrected chi connectivity index (χ2v) is 5.15. The van der Waals surface area contributed by atoms with Crippen LogP contribution in [0.3, 0.4) is 0 Å². The lowest BCUT2D eigenvalue weighted by Gasteiger charge is -2.42. The number of benzene rings is 1. The van der Waals surface area contributed by atoms with E-state index in [4.69, 9.17) is 0 Å². The number of aliphatic carboxylic acids is 1. The molecule has 0 aliphatic carbocycles. The van der Waals surface area contributed by atoms with Crippen LogP contribution in [0, 0.1) is 5.82 Å². The molecule has 0 radical (unpaired) electrons. The summed E-state index contributed by atoms with van der Waals surface area (Å²) >= 11 is 0. The number of carbonyl (C=O) groups is 1. The number of hydrogen-bond donors (Lipinski definition) is 1. The maximum atomic E-state index is 14.0. The molecule has 1 fully saturated rings. The van der Waals surface area contributed by atoms with Gasteiger partial charge >= 0.3 is 5.97 Å². The Morgan fingerprint density at radius 2 is 1.84 bits per heavy atom. The summed E-state index contributed by atoms with van der Waals surface area (Å²) in [6, 6.07) is 6.12. The Labute approximate surface area is 112 Å². The molecule has 1 aliphatic rings. The number of nitrogens with zero attached hydrogens (tertiary/aromatic N) is 2. The normalized spacial score (nSPS) is 21.0. The van der Waals surface area contributed by atoms with Gasteiger partial charge in [0.1, 0.15) is 11.4 Å². The van der Waals surface area contributed by atoms with Gasteiger partial charge in [-0.2, -0.15) is 0 Å². The first-order valence-corrected chi connectivity index (χ1v) is 6.38. The molecule has 1 aliphatic heterocycles. The molecule has 0 bridgehead atoms. The van der Waals surface area contributed by atoms with Crippen LogP contribution >= 0.6 is 0 Å². The van der Waals surface area contributed by atoms with Gasteiger partial charge in [-0.3, -0.25) is 4.90 Å². The molecule has 0 spiro atoms. The van der Waals surface area contributed by atoms with E-state index >= 15 is 0 Å². The third-order valence-corrected chi connectivity index (χ3v) is 3.95. The van der Waals surface area contributed by atoms with E-state index in [-0.39, 0.29) is 5.56 Å². The van der Waals surface area contributed by atoms with Gasteiger partial charge in [-0.25, -0.2) is 9.18 Å². The molecule has 5 heteroatoms. The van der Waals surface area contributed by atoms with Gasteiger partial charge in [0.05, 0.1) is 0 Å². The van der Waals surface area contributed by atoms with Crippen molar-refractivity contribution in [2.45, 2.75) is 12.5 Å². The summed E-state index contributed by atoms with van der Waals surface area (Å²) in [4.78, 5) is 15.7. The predicted octanol–water partition coefficient (Wildman–Crippen LogP) is 1.37. The van der Waals surface area contributed by atoms with Crippen LogP contribution in [0.5, 0.6) is 0 Å². The van der Waals surface area contributed by atoms with Crippen molar-refractivity contribution in [2.75, 3.05) is 33.2 Å². The molecular weight excluding hydrogens is 247 g/mol. The highest BCUT2D eigenvalue weighted by molar-refractivity contribution is 5.80. The number of hydrogen-bond acceptors (Lipinski definition) is 3. The van der Waals surface area contributed by atoms with Gasteiger partial charge < -0.3 is 10.0 Å². The molecule has 19 heavy (non-hydrogen) atoms. The molecule has 1 saturated heterocycles. The van der Waals surface area contributed by atoms with Gasteiger partial charge in [-0.1, -0.05) is 18.2 Å². The number of piperazine rings is 1. The van der Waals surface area contributed by atoms with E-state index in [1.165, 1.54) is 6.07 Å². The van der Waals surface area contributed by atoms with Crippen molar-refractivity contribution in [2.24, 2.45) is 0 Å². The zero-order valence-electron chi connectivity index (χ0n) is 11.3. The minimum Gasteiger partial charge on any atom is -0.480 e. The van der Waals surface area contributed by atoms with Crippen molar-refractivity contribution in [1.82, 2.24) is 9.80 Å². The Morgan fingerprint density at radius 3 is 2.37 bits per heavy atom. The minimum absolute atomic E-state index is 0.229. The summed E-state index contributed by atoms with van der Waals surface area (Å²) in [6.07, 6.45) is 0. The second kappa shape index (κ2) is 5.27. The van der Waals surface area contributed by atoms with Crippen LogP contribution < -0.4 is 0 Å². The van der Waals surface area contributed by atoms with Crippen molar-refractivity contribution in [1.29, 1.82) is 0 Å². The van der Waals surface area contributed by atoms with Crippen LogP contribution in [-0.4, -0.2) is 54.1 Å². The SMILES string of the molecule is CN1CCN(C(C)(C(=O)O)c2ccccc2F)CC1. The highest BCUT2D eigenvalue weighted by Gasteiger charge is 2.43. The molecule has 0 amide bonds. The Morgan fingerprint density at radius 1 is 1.26 bits per heavy atom. The molecule has 0 saturated carbocycles. The van der Waals surface area contributed by atoms with Gasteiger partial charge in [0.2, 0.25) is 0 Å². The second-order valence-electron chi connectivity index (χ2n) is 5.15. The molecule has 2 rings (SSSR count). The smallest absolute Gasteiger partial charge is 0.328 e. The van der Waals surface area contributed by atoms with Crippen molar-refractivity contribution in [3.63, 3.8) is 0 Å². The van der Waals surface area contributed by atoms with Crippen molar-refractivity contribution in [3.05, 3.63) is 35.6 Å². The van der Waals surface area contributed by atoms with E-state index in [2.05, 4.69) is 4.90 Å². The van der Waals surface area contributed by atoms with E-state index < -0.39 is 17.3 Å². The summed E-state index contributed by atoms with van der Waals surface area (Å²) in [6.45, 7) is 4.40. The van der Waals surface area contributed by atoms with E-state index in [1.807, 2.05) is 11.9 Å². The third kappa shape index (κ3) is 2.48. The lowest BCUT2D eigenvalue weighted by atomic mass is 9.89. The van der Waals surface area contributed by atoms with Gasteiger partial charge in [0, 0.05) is 31.7 Å². The highest BCUT2D eigenvalue weighted by atomic mass is 19.1. The average molecular weight is 266 g/mol. The minimum atomic E-state index is -1.31. The summed E-state index contributed by atoms with van der Waals surface area (Å²) < 4.78 is 14.0.